The second-order valence-corrected chi connectivity index (χ2v) is 11.3. The molecule has 3 heteroatoms. The second kappa shape index (κ2) is 12.4. The largest absolute Gasteiger partial charge is 0.303 e. The predicted molar refractivity (Wildman–Crippen MR) is 150 cm³/mol. The van der Waals surface area contributed by atoms with E-state index in [1.807, 2.05) is 37.3 Å². The highest BCUT2D eigenvalue weighted by Gasteiger charge is 2.35. The van der Waals surface area contributed by atoms with E-state index in [-0.39, 0.29) is 23.5 Å². The first-order valence-electron chi connectivity index (χ1n) is 13.8. The second-order valence-electron chi connectivity index (χ2n) is 11.3. The molecule has 194 valence electrons. The molecule has 37 heavy (non-hydrogen) atoms. The molecule has 3 aliphatic rings. The van der Waals surface area contributed by atoms with Gasteiger partial charge >= 0.3 is 0 Å². The van der Waals surface area contributed by atoms with Crippen molar-refractivity contribution in [1.82, 2.24) is 0 Å². The van der Waals surface area contributed by atoms with E-state index in [0.717, 1.165) is 61.5 Å². The third kappa shape index (κ3) is 7.25. The standard InChI is InChI=1S/C34H40O3/c1-23-4-8-27(9-5-23)19-33(36)29-14-12-26(13-15-29)18-25(3)32-17-16-30(21-31(32)22-35)34(37)20-28-10-6-24(2)7-11-28/h4-6,8-9,11-12,14-15,22,26,30-32H,3,7,10,13,16-21H2,1-2H3. The molecule has 0 bridgehead atoms. The van der Waals surface area contributed by atoms with Gasteiger partial charge in [-0.25, -0.2) is 0 Å². The molecule has 0 amide bonds. The maximum atomic E-state index is 13.0. The molecule has 4 rings (SSSR count). The van der Waals surface area contributed by atoms with Gasteiger partial charge in [-0.15, -0.1) is 0 Å². The predicted octanol–water partition coefficient (Wildman–Crippen LogP) is 7.41. The van der Waals surface area contributed by atoms with Crippen LogP contribution in [0.1, 0.15) is 69.4 Å². The van der Waals surface area contributed by atoms with Crippen LogP contribution in [0, 0.1) is 30.6 Å². The van der Waals surface area contributed by atoms with E-state index in [9.17, 15) is 14.4 Å². The Labute approximate surface area is 222 Å². The Hall–Kier alpha value is -3.07. The van der Waals surface area contributed by atoms with Gasteiger partial charge in [-0.1, -0.05) is 83.5 Å². The highest BCUT2D eigenvalue weighted by Crippen LogP contribution is 2.40. The first kappa shape index (κ1) is 27.0. The lowest BCUT2D eigenvalue weighted by molar-refractivity contribution is -0.125. The van der Waals surface area contributed by atoms with Crippen LogP contribution in [-0.4, -0.2) is 17.9 Å². The number of carbonyl (C=O) groups is 3. The summed E-state index contributed by atoms with van der Waals surface area (Å²) in [5, 5.41) is 0. The minimum absolute atomic E-state index is 0.0215. The van der Waals surface area contributed by atoms with E-state index in [2.05, 4.69) is 37.8 Å². The van der Waals surface area contributed by atoms with Crippen molar-refractivity contribution in [2.24, 2.45) is 23.7 Å². The van der Waals surface area contributed by atoms with Crippen LogP contribution in [-0.2, 0) is 20.8 Å². The summed E-state index contributed by atoms with van der Waals surface area (Å²) in [4.78, 5) is 37.7. The molecule has 0 heterocycles. The molecule has 1 aromatic rings. The number of ketones is 2. The molecule has 1 aromatic carbocycles. The first-order valence-corrected chi connectivity index (χ1v) is 13.8. The van der Waals surface area contributed by atoms with Crippen LogP contribution in [0.4, 0.5) is 0 Å². The third-order valence-electron chi connectivity index (χ3n) is 8.40. The average Bonchev–Trinajstić information content (AvgIpc) is 2.91. The smallest absolute Gasteiger partial charge is 0.166 e. The van der Waals surface area contributed by atoms with Gasteiger partial charge < -0.3 is 4.79 Å². The van der Waals surface area contributed by atoms with Gasteiger partial charge in [0.2, 0.25) is 0 Å². The van der Waals surface area contributed by atoms with E-state index >= 15 is 0 Å². The van der Waals surface area contributed by atoms with E-state index in [1.165, 1.54) is 16.7 Å². The summed E-state index contributed by atoms with van der Waals surface area (Å²) in [5.41, 5.74) is 6.71. The van der Waals surface area contributed by atoms with E-state index in [0.29, 0.717) is 31.0 Å². The molecule has 3 aliphatic carbocycles. The fraction of sp³-hybridized carbons (Fsp3) is 0.441. The fourth-order valence-electron chi connectivity index (χ4n) is 5.95. The summed E-state index contributed by atoms with van der Waals surface area (Å²) in [7, 11) is 0. The summed E-state index contributed by atoms with van der Waals surface area (Å²) >= 11 is 0. The molecule has 0 aromatic heterocycles. The molecule has 4 atom stereocenters. The lowest BCUT2D eigenvalue weighted by Gasteiger charge is -2.35. The number of allylic oxidation sites excluding steroid dienone is 9. The van der Waals surface area contributed by atoms with Gasteiger partial charge in [-0.05, 0) is 76.2 Å². The number of aldehydes is 1. The van der Waals surface area contributed by atoms with Crippen LogP contribution in [0.15, 0.2) is 83.5 Å². The number of hydrogen-bond donors (Lipinski definition) is 0. The van der Waals surface area contributed by atoms with Crippen molar-refractivity contribution in [3.8, 4) is 0 Å². The molecular weight excluding hydrogens is 456 g/mol. The van der Waals surface area contributed by atoms with Crippen LogP contribution < -0.4 is 0 Å². The van der Waals surface area contributed by atoms with Gasteiger partial charge in [-0.2, -0.15) is 0 Å². The van der Waals surface area contributed by atoms with Gasteiger partial charge in [0, 0.05) is 30.3 Å². The Morgan fingerprint density at radius 3 is 2.43 bits per heavy atom. The Balaban J connectivity index is 1.25. The third-order valence-corrected chi connectivity index (χ3v) is 8.40. The zero-order valence-corrected chi connectivity index (χ0v) is 22.4. The first-order chi connectivity index (χ1) is 17.8. The number of carbonyl (C=O) groups excluding carboxylic acids is 3. The Bertz CT molecular complexity index is 1160. The molecule has 0 radical (unpaired) electrons. The topological polar surface area (TPSA) is 51.2 Å². The maximum absolute atomic E-state index is 13.0. The highest BCUT2D eigenvalue weighted by molar-refractivity contribution is 5.99. The van der Waals surface area contributed by atoms with Crippen molar-refractivity contribution in [3.63, 3.8) is 0 Å². The van der Waals surface area contributed by atoms with Crippen molar-refractivity contribution < 1.29 is 14.4 Å². The van der Waals surface area contributed by atoms with Gasteiger partial charge in [0.1, 0.15) is 12.1 Å². The fourth-order valence-corrected chi connectivity index (χ4v) is 5.95. The average molecular weight is 497 g/mol. The number of Topliss-reactive ketones (excluding diaryl/α,β-unsaturated/α-hetero) is 2. The van der Waals surface area contributed by atoms with E-state index in [1.54, 1.807) is 0 Å². The van der Waals surface area contributed by atoms with Gasteiger partial charge in [0.25, 0.3) is 0 Å². The molecule has 1 saturated carbocycles. The molecule has 0 aliphatic heterocycles. The minimum atomic E-state index is -0.132. The molecule has 4 unspecified atom stereocenters. The molecule has 1 fully saturated rings. The Kier molecular flexibility index (Phi) is 9.08. The van der Waals surface area contributed by atoms with Gasteiger partial charge in [0.05, 0.1) is 0 Å². The normalized spacial score (nSPS) is 25.5. The van der Waals surface area contributed by atoms with Crippen LogP contribution in [0.5, 0.6) is 0 Å². The van der Waals surface area contributed by atoms with Crippen molar-refractivity contribution in [2.75, 3.05) is 0 Å². The van der Waals surface area contributed by atoms with Crippen molar-refractivity contribution in [2.45, 2.75) is 71.6 Å². The number of benzene rings is 1. The Morgan fingerprint density at radius 2 is 1.78 bits per heavy atom. The minimum Gasteiger partial charge on any atom is -0.303 e. The zero-order valence-electron chi connectivity index (χ0n) is 22.4. The van der Waals surface area contributed by atoms with Crippen LogP contribution in [0.3, 0.4) is 0 Å². The van der Waals surface area contributed by atoms with E-state index in [4.69, 9.17) is 0 Å². The van der Waals surface area contributed by atoms with Gasteiger partial charge in [0.15, 0.2) is 5.78 Å². The number of hydrogen-bond acceptors (Lipinski definition) is 3. The number of aryl methyl sites for hydroxylation is 1. The van der Waals surface area contributed by atoms with Crippen LogP contribution >= 0.6 is 0 Å². The molecule has 3 nitrogen and oxygen atoms in total. The van der Waals surface area contributed by atoms with Crippen LogP contribution in [0.25, 0.3) is 0 Å². The summed E-state index contributed by atoms with van der Waals surface area (Å²) in [6.07, 6.45) is 18.4. The summed E-state index contributed by atoms with van der Waals surface area (Å²) in [5.74, 6) is 0.724. The monoisotopic (exact) mass is 496 g/mol. The number of rotatable bonds is 10. The van der Waals surface area contributed by atoms with E-state index < -0.39 is 0 Å². The molecule has 0 saturated heterocycles. The lowest BCUT2D eigenvalue weighted by atomic mass is 9.68. The molecule has 0 spiro atoms. The van der Waals surface area contributed by atoms with Crippen molar-refractivity contribution >= 4 is 17.9 Å². The molecular formula is C34H40O3. The van der Waals surface area contributed by atoms with Crippen molar-refractivity contribution in [1.29, 1.82) is 0 Å². The summed E-state index contributed by atoms with van der Waals surface area (Å²) in [6.45, 7) is 8.55. The SMILES string of the molecule is C=C(CC1C=CC(C(=O)Cc2ccc(C)cc2)=CC1)C1CCC(C(=O)CC2=CCC(C)=CC2)CC1C=O. The zero-order chi connectivity index (χ0) is 26.4. The summed E-state index contributed by atoms with van der Waals surface area (Å²) < 4.78 is 0. The highest BCUT2D eigenvalue weighted by atomic mass is 16.1. The van der Waals surface area contributed by atoms with Crippen molar-refractivity contribution in [3.05, 3.63) is 94.6 Å². The quantitative estimate of drug-likeness (QED) is 0.250. The molecule has 0 N–H and O–H groups in total. The Morgan fingerprint density at radius 1 is 1.00 bits per heavy atom. The van der Waals surface area contributed by atoms with Crippen LogP contribution in [0.2, 0.25) is 0 Å². The summed E-state index contributed by atoms with van der Waals surface area (Å²) in [6, 6.07) is 8.12. The van der Waals surface area contributed by atoms with Gasteiger partial charge in [-0.3, -0.25) is 9.59 Å². The maximum Gasteiger partial charge on any atom is 0.166 e. The lowest BCUT2D eigenvalue weighted by Crippen LogP contribution is -2.31.